The van der Waals surface area contributed by atoms with Crippen LogP contribution in [0.25, 0.3) is 0 Å². The molecule has 0 amide bonds. The summed E-state index contributed by atoms with van der Waals surface area (Å²) in [5, 5.41) is 4.28. The average Bonchev–Trinajstić information content (AvgIpc) is 2.54. The van der Waals surface area contributed by atoms with Crippen molar-refractivity contribution in [3.05, 3.63) is 18.0 Å². The lowest BCUT2D eigenvalue weighted by Crippen LogP contribution is -2.19. The molecule has 74 valence electrons. The Labute approximate surface area is 80.4 Å². The van der Waals surface area contributed by atoms with Crippen LogP contribution in [0.3, 0.4) is 0 Å². The Morgan fingerprint density at radius 2 is 2.23 bits per heavy atom. The third-order valence-corrected chi connectivity index (χ3v) is 2.21. The summed E-state index contributed by atoms with van der Waals surface area (Å²) in [6.07, 6.45) is 3.03. The largest absolute Gasteiger partial charge is 0.301 e. The van der Waals surface area contributed by atoms with Crippen LogP contribution >= 0.6 is 0 Å². The predicted octanol–water partition coefficient (Wildman–Crippen LogP) is 1.74. The van der Waals surface area contributed by atoms with Crippen molar-refractivity contribution in [2.24, 2.45) is 0 Å². The van der Waals surface area contributed by atoms with E-state index in [4.69, 9.17) is 0 Å². The monoisotopic (exact) mass is 181 g/mol. The number of rotatable bonds is 5. The summed E-state index contributed by atoms with van der Waals surface area (Å²) in [6, 6.07) is 2.10. The third kappa shape index (κ3) is 2.84. The normalized spacial score (nSPS) is 11.1. The molecule has 0 aliphatic heterocycles. The average molecular weight is 181 g/mol. The van der Waals surface area contributed by atoms with Gasteiger partial charge in [0, 0.05) is 19.3 Å². The molecule has 0 saturated heterocycles. The summed E-state index contributed by atoms with van der Waals surface area (Å²) in [5.74, 6) is 0. The quantitative estimate of drug-likeness (QED) is 0.690. The van der Waals surface area contributed by atoms with Crippen molar-refractivity contribution in [1.29, 1.82) is 0 Å². The Hall–Kier alpha value is -0.830. The molecule has 1 aromatic heterocycles. The van der Waals surface area contributed by atoms with Gasteiger partial charge in [0.25, 0.3) is 0 Å². The Balaban J connectivity index is 2.59. The first-order valence-electron chi connectivity index (χ1n) is 4.97. The number of hydrogen-bond acceptors (Lipinski definition) is 2. The molecule has 0 aliphatic rings. The van der Waals surface area contributed by atoms with Crippen LogP contribution in [-0.4, -0.2) is 28.3 Å². The van der Waals surface area contributed by atoms with Gasteiger partial charge in [0.1, 0.15) is 0 Å². The van der Waals surface area contributed by atoms with E-state index in [0.717, 1.165) is 26.1 Å². The van der Waals surface area contributed by atoms with E-state index in [1.54, 1.807) is 0 Å². The number of aryl methyl sites for hydroxylation is 1. The van der Waals surface area contributed by atoms with E-state index in [0.29, 0.717) is 0 Å². The Morgan fingerprint density at radius 3 is 2.85 bits per heavy atom. The molecule has 1 heterocycles. The highest BCUT2D eigenvalue weighted by Crippen LogP contribution is 2.03. The second kappa shape index (κ2) is 5.02. The lowest BCUT2D eigenvalue weighted by atomic mass is 10.3. The molecule has 0 fully saturated rings. The molecule has 0 spiro atoms. The van der Waals surface area contributed by atoms with E-state index in [9.17, 15) is 0 Å². The lowest BCUT2D eigenvalue weighted by molar-refractivity contribution is 0.331. The van der Waals surface area contributed by atoms with Crippen LogP contribution < -0.4 is 0 Å². The maximum absolute atomic E-state index is 4.28. The number of hydrogen-bond donors (Lipinski definition) is 0. The van der Waals surface area contributed by atoms with Gasteiger partial charge in [-0.15, -0.1) is 0 Å². The standard InChI is InChI=1S/C10H19N3/c1-4-8-13-10(6-7-11-13)9-12(3)5-2/h6-7H,4-5,8-9H2,1-3H3. The molecular formula is C10H19N3. The van der Waals surface area contributed by atoms with Crippen LogP contribution in [0.2, 0.25) is 0 Å². The van der Waals surface area contributed by atoms with Gasteiger partial charge in [0.2, 0.25) is 0 Å². The van der Waals surface area contributed by atoms with Gasteiger partial charge in [-0.2, -0.15) is 5.10 Å². The fraction of sp³-hybridized carbons (Fsp3) is 0.700. The minimum atomic E-state index is 0.997. The highest BCUT2D eigenvalue weighted by Gasteiger charge is 2.03. The Kier molecular flexibility index (Phi) is 3.96. The summed E-state index contributed by atoms with van der Waals surface area (Å²) in [5.41, 5.74) is 1.31. The fourth-order valence-corrected chi connectivity index (χ4v) is 1.30. The Bertz CT molecular complexity index is 242. The SMILES string of the molecule is CCCn1nccc1CN(C)CC. The zero-order valence-electron chi connectivity index (χ0n) is 8.82. The Morgan fingerprint density at radius 1 is 1.46 bits per heavy atom. The summed E-state index contributed by atoms with van der Waals surface area (Å²) in [6.45, 7) is 7.45. The maximum Gasteiger partial charge on any atom is 0.0524 e. The van der Waals surface area contributed by atoms with Gasteiger partial charge >= 0.3 is 0 Å². The number of nitrogens with zero attached hydrogens (tertiary/aromatic N) is 3. The summed E-state index contributed by atoms with van der Waals surface area (Å²) in [4.78, 5) is 2.28. The molecule has 0 saturated carbocycles. The van der Waals surface area contributed by atoms with Crippen LogP contribution in [-0.2, 0) is 13.1 Å². The minimum Gasteiger partial charge on any atom is -0.301 e. The summed E-state index contributed by atoms with van der Waals surface area (Å²) in [7, 11) is 2.13. The van der Waals surface area contributed by atoms with Crippen molar-refractivity contribution >= 4 is 0 Å². The minimum absolute atomic E-state index is 0.997. The molecule has 0 unspecified atom stereocenters. The van der Waals surface area contributed by atoms with E-state index < -0.39 is 0 Å². The van der Waals surface area contributed by atoms with E-state index in [1.165, 1.54) is 5.69 Å². The van der Waals surface area contributed by atoms with E-state index in [2.05, 4.69) is 41.6 Å². The molecule has 3 heteroatoms. The molecule has 1 rings (SSSR count). The van der Waals surface area contributed by atoms with Crippen LogP contribution in [0, 0.1) is 0 Å². The van der Waals surface area contributed by atoms with Gasteiger partial charge in [-0.1, -0.05) is 13.8 Å². The number of aromatic nitrogens is 2. The zero-order chi connectivity index (χ0) is 9.68. The lowest BCUT2D eigenvalue weighted by Gasteiger charge is -2.14. The van der Waals surface area contributed by atoms with Crippen molar-refractivity contribution < 1.29 is 0 Å². The molecule has 13 heavy (non-hydrogen) atoms. The maximum atomic E-state index is 4.28. The van der Waals surface area contributed by atoms with Crippen molar-refractivity contribution in [1.82, 2.24) is 14.7 Å². The summed E-state index contributed by atoms with van der Waals surface area (Å²) >= 11 is 0. The van der Waals surface area contributed by atoms with Gasteiger partial charge in [0.15, 0.2) is 0 Å². The van der Waals surface area contributed by atoms with Gasteiger partial charge in [-0.05, 0) is 26.1 Å². The van der Waals surface area contributed by atoms with Gasteiger partial charge in [0.05, 0.1) is 5.69 Å². The molecule has 0 bridgehead atoms. The highest BCUT2D eigenvalue weighted by molar-refractivity contribution is 4.99. The topological polar surface area (TPSA) is 21.1 Å². The highest BCUT2D eigenvalue weighted by atomic mass is 15.3. The van der Waals surface area contributed by atoms with Crippen molar-refractivity contribution in [3.8, 4) is 0 Å². The molecule has 0 radical (unpaired) electrons. The molecule has 0 aromatic carbocycles. The smallest absolute Gasteiger partial charge is 0.0524 e. The van der Waals surface area contributed by atoms with E-state index in [1.807, 2.05) is 6.20 Å². The van der Waals surface area contributed by atoms with Crippen molar-refractivity contribution in [2.45, 2.75) is 33.4 Å². The van der Waals surface area contributed by atoms with Crippen LogP contribution in [0.4, 0.5) is 0 Å². The van der Waals surface area contributed by atoms with Gasteiger partial charge in [-0.3, -0.25) is 4.68 Å². The third-order valence-electron chi connectivity index (χ3n) is 2.21. The molecule has 0 aliphatic carbocycles. The second-order valence-corrected chi connectivity index (χ2v) is 3.38. The summed E-state index contributed by atoms with van der Waals surface area (Å²) < 4.78 is 2.09. The fourth-order valence-electron chi connectivity index (χ4n) is 1.30. The van der Waals surface area contributed by atoms with Crippen LogP contribution in [0.15, 0.2) is 12.3 Å². The first-order chi connectivity index (χ1) is 6.27. The molecule has 3 nitrogen and oxygen atoms in total. The van der Waals surface area contributed by atoms with Crippen LogP contribution in [0.1, 0.15) is 26.0 Å². The predicted molar refractivity (Wildman–Crippen MR) is 54.5 cm³/mol. The van der Waals surface area contributed by atoms with Crippen molar-refractivity contribution in [2.75, 3.05) is 13.6 Å². The first-order valence-corrected chi connectivity index (χ1v) is 4.97. The van der Waals surface area contributed by atoms with Crippen molar-refractivity contribution in [3.63, 3.8) is 0 Å². The first kappa shape index (κ1) is 10.3. The second-order valence-electron chi connectivity index (χ2n) is 3.38. The molecule has 0 atom stereocenters. The van der Waals surface area contributed by atoms with Gasteiger partial charge < -0.3 is 4.90 Å². The molecular weight excluding hydrogens is 162 g/mol. The molecule has 1 aromatic rings. The van der Waals surface area contributed by atoms with Gasteiger partial charge in [-0.25, -0.2) is 0 Å². The molecule has 0 N–H and O–H groups in total. The van der Waals surface area contributed by atoms with E-state index in [-0.39, 0.29) is 0 Å². The zero-order valence-corrected chi connectivity index (χ0v) is 8.82. The van der Waals surface area contributed by atoms with E-state index >= 15 is 0 Å². The van der Waals surface area contributed by atoms with Crippen LogP contribution in [0.5, 0.6) is 0 Å².